The van der Waals surface area contributed by atoms with Crippen LogP contribution in [-0.4, -0.2) is 9.55 Å². The highest BCUT2D eigenvalue weighted by atomic mass is 35.5. The summed E-state index contributed by atoms with van der Waals surface area (Å²) in [5, 5.41) is 9.28. The van der Waals surface area contributed by atoms with Crippen molar-refractivity contribution in [3.05, 3.63) is 58.6 Å². The van der Waals surface area contributed by atoms with Crippen molar-refractivity contribution in [2.24, 2.45) is 0 Å². The maximum absolute atomic E-state index is 14.2. The second kappa shape index (κ2) is 5.36. The Labute approximate surface area is 130 Å². The minimum Gasteiger partial charge on any atom is -0.291 e. The van der Waals surface area contributed by atoms with Crippen molar-refractivity contribution < 1.29 is 4.39 Å². The van der Waals surface area contributed by atoms with Crippen molar-refractivity contribution in [3.8, 4) is 11.8 Å². The molecule has 0 N–H and O–H groups in total. The number of alkyl halides is 1. The molecule has 0 spiro atoms. The number of hydrogen-bond donors (Lipinski definition) is 0. The summed E-state index contributed by atoms with van der Waals surface area (Å²) >= 11 is 12.0. The van der Waals surface area contributed by atoms with Gasteiger partial charge >= 0.3 is 0 Å². The number of aromatic nitrogens is 2. The predicted octanol–water partition coefficient (Wildman–Crippen LogP) is 4.43. The van der Waals surface area contributed by atoms with Gasteiger partial charge in [0.05, 0.1) is 33.6 Å². The summed E-state index contributed by atoms with van der Waals surface area (Å²) in [5.41, 5.74) is 1.87. The lowest BCUT2D eigenvalue weighted by molar-refractivity contribution is 0.618. The van der Waals surface area contributed by atoms with Crippen LogP contribution in [0.4, 0.5) is 4.39 Å². The molecule has 3 rings (SSSR count). The molecule has 6 heteroatoms. The predicted molar refractivity (Wildman–Crippen MR) is 80.3 cm³/mol. The van der Waals surface area contributed by atoms with Crippen LogP contribution >= 0.6 is 23.2 Å². The van der Waals surface area contributed by atoms with E-state index in [1.165, 1.54) is 12.1 Å². The van der Waals surface area contributed by atoms with E-state index < -0.39 is 5.82 Å². The van der Waals surface area contributed by atoms with E-state index in [1.54, 1.807) is 28.8 Å². The molecule has 1 heterocycles. The highest BCUT2D eigenvalue weighted by Crippen LogP contribution is 2.30. The summed E-state index contributed by atoms with van der Waals surface area (Å²) in [6.07, 6.45) is 0. The van der Waals surface area contributed by atoms with Gasteiger partial charge in [0.25, 0.3) is 0 Å². The summed E-state index contributed by atoms with van der Waals surface area (Å²) in [6, 6.07) is 11.5. The van der Waals surface area contributed by atoms with Crippen LogP contribution in [0.1, 0.15) is 11.4 Å². The largest absolute Gasteiger partial charge is 0.291 e. The fourth-order valence-corrected chi connectivity index (χ4v) is 2.66. The number of nitriles is 1. The van der Waals surface area contributed by atoms with E-state index >= 15 is 0 Å². The van der Waals surface area contributed by atoms with Gasteiger partial charge in [0.15, 0.2) is 0 Å². The number of rotatable bonds is 2. The van der Waals surface area contributed by atoms with E-state index in [4.69, 9.17) is 28.5 Å². The number of halogens is 3. The Kier molecular flexibility index (Phi) is 3.54. The first kappa shape index (κ1) is 13.9. The first-order valence-corrected chi connectivity index (χ1v) is 6.98. The van der Waals surface area contributed by atoms with E-state index in [0.717, 1.165) is 0 Å². The van der Waals surface area contributed by atoms with Gasteiger partial charge < -0.3 is 0 Å². The van der Waals surface area contributed by atoms with Crippen molar-refractivity contribution in [2.75, 3.05) is 0 Å². The monoisotopic (exact) mass is 319 g/mol. The van der Waals surface area contributed by atoms with E-state index in [9.17, 15) is 4.39 Å². The SMILES string of the molecule is N#Cc1ccc2nc(CCl)n(-c3c(F)cccc3Cl)c2c1. The second-order valence-corrected chi connectivity index (χ2v) is 5.06. The van der Waals surface area contributed by atoms with Gasteiger partial charge in [-0.3, -0.25) is 4.57 Å². The number of nitrogens with zero attached hydrogens (tertiary/aromatic N) is 3. The molecule has 0 atom stereocenters. The zero-order chi connectivity index (χ0) is 15.0. The lowest BCUT2D eigenvalue weighted by atomic mass is 10.2. The zero-order valence-electron chi connectivity index (χ0n) is 10.6. The number of benzene rings is 2. The molecule has 0 saturated carbocycles. The maximum atomic E-state index is 14.2. The molecule has 0 aliphatic rings. The van der Waals surface area contributed by atoms with Crippen LogP contribution in [0.25, 0.3) is 16.7 Å². The Balaban J connectivity index is 2.43. The van der Waals surface area contributed by atoms with Crippen molar-refractivity contribution in [2.45, 2.75) is 5.88 Å². The van der Waals surface area contributed by atoms with Crippen molar-refractivity contribution >= 4 is 34.2 Å². The zero-order valence-corrected chi connectivity index (χ0v) is 12.2. The lowest BCUT2D eigenvalue weighted by Crippen LogP contribution is -2.03. The average Bonchev–Trinajstić information content (AvgIpc) is 2.85. The van der Waals surface area contributed by atoms with Crippen LogP contribution in [-0.2, 0) is 5.88 Å². The Hall–Kier alpha value is -2.09. The molecule has 21 heavy (non-hydrogen) atoms. The summed E-state index contributed by atoms with van der Waals surface area (Å²) < 4.78 is 15.8. The summed E-state index contributed by atoms with van der Waals surface area (Å²) in [6.45, 7) is 0. The molecule has 0 aliphatic carbocycles. The molecule has 3 nitrogen and oxygen atoms in total. The normalized spacial score (nSPS) is 10.8. The molecular weight excluding hydrogens is 312 g/mol. The molecule has 0 bridgehead atoms. The average molecular weight is 320 g/mol. The van der Waals surface area contributed by atoms with E-state index in [1.807, 2.05) is 0 Å². The molecule has 0 saturated heterocycles. The highest BCUT2D eigenvalue weighted by Gasteiger charge is 2.17. The minimum absolute atomic E-state index is 0.0984. The number of hydrogen-bond acceptors (Lipinski definition) is 2. The molecule has 0 radical (unpaired) electrons. The molecule has 1 aromatic heterocycles. The molecule has 0 fully saturated rings. The standard InChI is InChI=1S/C15H8Cl2FN3/c16-7-14-20-12-5-4-9(8-19)6-13(12)21(14)15-10(17)2-1-3-11(15)18/h1-6H,7H2. The molecule has 3 aromatic rings. The third-order valence-corrected chi connectivity index (χ3v) is 3.68. The Morgan fingerprint density at radius 3 is 2.76 bits per heavy atom. The molecule has 0 unspecified atom stereocenters. The van der Waals surface area contributed by atoms with Gasteiger partial charge in [-0.05, 0) is 30.3 Å². The summed E-state index contributed by atoms with van der Waals surface area (Å²) in [5.74, 6) is 0.0885. The van der Waals surface area contributed by atoms with Gasteiger partial charge in [-0.1, -0.05) is 17.7 Å². The molecule has 0 amide bonds. The second-order valence-electron chi connectivity index (χ2n) is 4.38. The Morgan fingerprint density at radius 1 is 1.29 bits per heavy atom. The topological polar surface area (TPSA) is 41.6 Å². The van der Waals surface area contributed by atoms with Crippen LogP contribution in [0, 0.1) is 17.1 Å². The third kappa shape index (κ3) is 2.25. The van der Waals surface area contributed by atoms with Gasteiger partial charge in [-0.2, -0.15) is 5.26 Å². The van der Waals surface area contributed by atoms with E-state index in [-0.39, 0.29) is 16.6 Å². The van der Waals surface area contributed by atoms with Crippen LogP contribution < -0.4 is 0 Å². The van der Waals surface area contributed by atoms with Gasteiger partial charge in [-0.15, -0.1) is 11.6 Å². The van der Waals surface area contributed by atoms with Gasteiger partial charge in [0, 0.05) is 0 Å². The summed E-state index contributed by atoms with van der Waals surface area (Å²) in [4.78, 5) is 4.36. The Bertz CT molecular complexity index is 860. The smallest absolute Gasteiger partial charge is 0.148 e. The molecular formula is C15H8Cl2FN3. The van der Waals surface area contributed by atoms with Crippen molar-refractivity contribution in [1.82, 2.24) is 9.55 Å². The first-order chi connectivity index (χ1) is 10.2. The van der Waals surface area contributed by atoms with Crippen LogP contribution in [0.3, 0.4) is 0 Å². The maximum Gasteiger partial charge on any atom is 0.148 e. The van der Waals surface area contributed by atoms with Crippen molar-refractivity contribution in [3.63, 3.8) is 0 Å². The van der Waals surface area contributed by atoms with Crippen LogP contribution in [0.15, 0.2) is 36.4 Å². The van der Waals surface area contributed by atoms with Crippen LogP contribution in [0.5, 0.6) is 0 Å². The Morgan fingerprint density at radius 2 is 2.10 bits per heavy atom. The molecule has 2 aromatic carbocycles. The molecule has 104 valence electrons. The lowest BCUT2D eigenvalue weighted by Gasteiger charge is -2.11. The number of para-hydroxylation sites is 1. The minimum atomic E-state index is -0.476. The van der Waals surface area contributed by atoms with E-state index in [0.29, 0.717) is 22.4 Å². The van der Waals surface area contributed by atoms with Gasteiger partial charge in [0.2, 0.25) is 0 Å². The van der Waals surface area contributed by atoms with Crippen LogP contribution in [0.2, 0.25) is 5.02 Å². The highest BCUT2D eigenvalue weighted by molar-refractivity contribution is 6.32. The van der Waals surface area contributed by atoms with Gasteiger partial charge in [0.1, 0.15) is 17.3 Å². The first-order valence-electron chi connectivity index (χ1n) is 6.07. The van der Waals surface area contributed by atoms with Gasteiger partial charge in [-0.25, -0.2) is 9.37 Å². The number of imidazole rings is 1. The van der Waals surface area contributed by atoms with Crippen molar-refractivity contribution in [1.29, 1.82) is 5.26 Å². The van der Waals surface area contributed by atoms with E-state index in [2.05, 4.69) is 11.1 Å². The molecule has 0 aliphatic heterocycles. The summed E-state index contributed by atoms with van der Waals surface area (Å²) in [7, 11) is 0. The third-order valence-electron chi connectivity index (χ3n) is 3.13. The fraction of sp³-hybridized carbons (Fsp3) is 0.0667. The number of fused-ring (bicyclic) bond motifs is 1. The fourth-order valence-electron chi connectivity index (χ4n) is 2.24. The quantitative estimate of drug-likeness (QED) is 0.656.